The predicted molar refractivity (Wildman–Crippen MR) is 97.1 cm³/mol. The minimum atomic E-state index is -5.83. The maximum atomic E-state index is 12.9. The number of alkyl halides is 3. The molecule has 1 heterocycles. The van der Waals surface area contributed by atoms with Gasteiger partial charge < -0.3 is 8.92 Å². The molecule has 2 aromatic rings. The lowest BCUT2D eigenvalue weighted by atomic mass is 10.1. The van der Waals surface area contributed by atoms with Crippen molar-refractivity contribution >= 4 is 15.9 Å². The molecule has 0 unspecified atom stereocenters. The molecule has 2 aromatic carbocycles. The molecule has 0 radical (unpaired) electrons. The highest BCUT2D eigenvalue weighted by Crippen LogP contribution is 2.32. The van der Waals surface area contributed by atoms with Crippen molar-refractivity contribution in [3.63, 3.8) is 0 Å². The molecule has 1 saturated heterocycles. The lowest BCUT2D eigenvalue weighted by molar-refractivity contribution is -0.0511. The molecule has 0 spiro atoms. The van der Waals surface area contributed by atoms with E-state index in [1.807, 2.05) is 35.2 Å². The Labute approximate surface area is 161 Å². The molecular formula is C19H18F3NO4S. The summed E-state index contributed by atoms with van der Waals surface area (Å²) in [6, 6.07) is 17.3. The van der Waals surface area contributed by atoms with Crippen molar-refractivity contribution in [3.8, 4) is 0 Å². The Morgan fingerprint density at radius 2 is 1.64 bits per heavy atom. The van der Waals surface area contributed by atoms with Crippen LogP contribution in [0.1, 0.15) is 11.1 Å². The van der Waals surface area contributed by atoms with E-state index in [2.05, 4.69) is 4.18 Å². The normalized spacial score (nSPS) is 17.7. The summed E-state index contributed by atoms with van der Waals surface area (Å²) >= 11 is 0. The van der Waals surface area contributed by atoms with Crippen molar-refractivity contribution in [1.29, 1.82) is 0 Å². The van der Waals surface area contributed by atoms with E-state index < -0.39 is 21.4 Å². The van der Waals surface area contributed by atoms with Gasteiger partial charge in [-0.05, 0) is 5.56 Å². The standard InChI is InChI=1S/C19H18F3NO4S/c20-19(21,22)28(24,25)27-18(16-9-5-2-6-10-16)17-14-23(11-12-26-17)13-15-7-3-1-4-8-15/h1-10H,11-14H2/b18-17+. The van der Waals surface area contributed by atoms with Gasteiger partial charge >= 0.3 is 15.6 Å². The van der Waals surface area contributed by atoms with E-state index in [1.165, 1.54) is 12.1 Å². The van der Waals surface area contributed by atoms with Crippen molar-refractivity contribution in [3.05, 3.63) is 77.5 Å². The molecule has 150 valence electrons. The van der Waals surface area contributed by atoms with Gasteiger partial charge in [-0.15, -0.1) is 0 Å². The molecule has 9 heteroatoms. The first-order valence-corrected chi connectivity index (χ1v) is 9.85. The molecule has 0 aromatic heterocycles. The smallest absolute Gasteiger partial charge is 0.491 e. The van der Waals surface area contributed by atoms with Crippen LogP contribution in [0.15, 0.2) is 66.4 Å². The van der Waals surface area contributed by atoms with Crippen LogP contribution < -0.4 is 0 Å². The molecule has 1 fully saturated rings. The lowest BCUT2D eigenvalue weighted by Gasteiger charge is -2.30. The third-order valence-corrected chi connectivity index (χ3v) is 5.02. The molecule has 0 N–H and O–H groups in total. The van der Waals surface area contributed by atoms with Gasteiger partial charge in [0.05, 0.1) is 6.54 Å². The molecule has 0 saturated carbocycles. The van der Waals surface area contributed by atoms with Crippen LogP contribution in [-0.4, -0.2) is 38.5 Å². The first kappa shape index (κ1) is 20.2. The first-order chi connectivity index (χ1) is 13.3. The SMILES string of the molecule is O=S(=O)(O/C(=C1\CN(Cc2ccccc2)CCO1)c1ccccc1)C(F)(F)F. The van der Waals surface area contributed by atoms with Gasteiger partial charge in [-0.3, -0.25) is 4.90 Å². The summed E-state index contributed by atoms with van der Waals surface area (Å²) in [6.07, 6.45) is 0. The Bertz CT molecular complexity index is 929. The summed E-state index contributed by atoms with van der Waals surface area (Å²) in [6.45, 7) is 1.41. The van der Waals surface area contributed by atoms with Crippen LogP contribution in [0.5, 0.6) is 0 Å². The topological polar surface area (TPSA) is 55.8 Å². The average Bonchev–Trinajstić information content (AvgIpc) is 2.67. The molecule has 0 amide bonds. The molecule has 3 rings (SSSR count). The largest absolute Gasteiger partial charge is 0.534 e. The van der Waals surface area contributed by atoms with Crippen molar-refractivity contribution in [2.24, 2.45) is 0 Å². The highest BCUT2D eigenvalue weighted by atomic mass is 32.2. The van der Waals surface area contributed by atoms with Crippen LogP contribution in [-0.2, 0) is 25.6 Å². The van der Waals surface area contributed by atoms with E-state index in [0.29, 0.717) is 13.1 Å². The average molecular weight is 413 g/mol. The summed E-state index contributed by atoms with van der Waals surface area (Å²) in [5, 5.41) is 0. The summed E-state index contributed by atoms with van der Waals surface area (Å²) < 4.78 is 71.8. The third kappa shape index (κ3) is 4.85. The number of hydrogen-bond acceptors (Lipinski definition) is 5. The van der Waals surface area contributed by atoms with Gasteiger partial charge in [0.2, 0.25) is 0 Å². The zero-order valence-corrected chi connectivity index (χ0v) is 15.5. The molecule has 28 heavy (non-hydrogen) atoms. The number of benzene rings is 2. The van der Waals surface area contributed by atoms with Gasteiger partial charge in [-0.2, -0.15) is 21.6 Å². The molecule has 0 bridgehead atoms. The highest BCUT2D eigenvalue weighted by Gasteiger charge is 2.49. The zero-order chi connectivity index (χ0) is 20.2. The van der Waals surface area contributed by atoms with Crippen LogP contribution in [0, 0.1) is 0 Å². The second-order valence-electron chi connectivity index (χ2n) is 6.15. The van der Waals surface area contributed by atoms with Gasteiger partial charge in [0, 0.05) is 18.7 Å². The third-order valence-electron chi connectivity index (χ3n) is 4.07. The molecule has 1 aliphatic heterocycles. The van der Waals surface area contributed by atoms with E-state index in [4.69, 9.17) is 4.74 Å². The van der Waals surface area contributed by atoms with Gasteiger partial charge in [0.25, 0.3) is 0 Å². The summed E-state index contributed by atoms with van der Waals surface area (Å²) in [4.78, 5) is 1.95. The van der Waals surface area contributed by atoms with E-state index >= 15 is 0 Å². The zero-order valence-electron chi connectivity index (χ0n) is 14.7. The van der Waals surface area contributed by atoms with Crippen LogP contribution in [0.3, 0.4) is 0 Å². The van der Waals surface area contributed by atoms with Crippen LogP contribution in [0.2, 0.25) is 0 Å². The number of ether oxygens (including phenoxy) is 1. The maximum absolute atomic E-state index is 12.9. The fourth-order valence-electron chi connectivity index (χ4n) is 2.74. The maximum Gasteiger partial charge on any atom is 0.534 e. The Balaban J connectivity index is 1.92. The van der Waals surface area contributed by atoms with Crippen LogP contribution >= 0.6 is 0 Å². The number of morpholine rings is 1. The van der Waals surface area contributed by atoms with Crippen LogP contribution in [0.4, 0.5) is 13.2 Å². The van der Waals surface area contributed by atoms with Crippen molar-refractivity contribution < 1.29 is 30.5 Å². The molecule has 5 nitrogen and oxygen atoms in total. The number of hydrogen-bond donors (Lipinski definition) is 0. The van der Waals surface area contributed by atoms with Gasteiger partial charge in [-0.25, -0.2) is 0 Å². The van der Waals surface area contributed by atoms with Gasteiger partial charge in [-0.1, -0.05) is 60.7 Å². The summed E-state index contributed by atoms with van der Waals surface area (Å²) in [5.74, 6) is -0.406. The first-order valence-electron chi connectivity index (χ1n) is 8.45. The summed E-state index contributed by atoms with van der Waals surface area (Å²) in [7, 11) is -5.83. The Kier molecular flexibility index (Phi) is 5.95. The Morgan fingerprint density at radius 3 is 2.25 bits per heavy atom. The number of halogens is 3. The van der Waals surface area contributed by atoms with E-state index in [9.17, 15) is 21.6 Å². The quantitative estimate of drug-likeness (QED) is 0.425. The van der Waals surface area contributed by atoms with E-state index in [1.54, 1.807) is 18.2 Å². The van der Waals surface area contributed by atoms with Crippen molar-refractivity contribution in [1.82, 2.24) is 4.90 Å². The second-order valence-corrected chi connectivity index (χ2v) is 7.68. The molecular weight excluding hydrogens is 395 g/mol. The molecule has 1 aliphatic rings. The van der Waals surface area contributed by atoms with E-state index in [-0.39, 0.29) is 24.5 Å². The monoisotopic (exact) mass is 413 g/mol. The number of rotatable bonds is 5. The van der Waals surface area contributed by atoms with Gasteiger partial charge in [0.1, 0.15) is 6.61 Å². The molecule has 0 atom stereocenters. The van der Waals surface area contributed by atoms with Crippen molar-refractivity contribution in [2.45, 2.75) is 12.1 Å². The van der Waals surface area contributed by atoms with Crippen LogP contribution in [0.25, 0.3) is 5.76 Å². The second kappa shape index (κ2) is 8.24. The minimum absolute atomic E-state index is 0.0428. The van der Waals surface area contributed by atoms with Crippen molar-refractivity contribution in [2.75, 3.05) is 19.7 Å². The van der Waals surface area contributed by atoms with Gasteiger partial charge in [0.15, 0.2) is 11.5 Å². The predicted octanol–water partition coefficient (Wildman–Crippen LogP) is 3.75. The fraction of sp³-hybridized carbons (Fsp3) is 0.263. The fourth-order valence-corrected chi connectivity index (χ4v) is 3.24. The summed E-state index contributed by atoms with van der Waals surface area (Å²) in [5.41, 5.74) is -4.33. The molecule has 0 aliphatic carbocycles. The van der Waals surface area contributed by atoms with E-state index in [0.717, 1.165) is 5.56 Å². The Morgan fingerprint density at radius 1 is 1.04 bits per heavy atom. The lowest BCUT2D eigenvalue weighted by Crippen LogP contribution is -2.35. The number of nitrogens with zero attached hydrogens (tertiary/aromatic N) is 1. The minimum Gasteiger partial charge on any atom is -0.491 e. The highest BCUT2D eigenvalue weighted by molar-refractivity contribution is 7.87. The Hall–Kier alpha value is -2.52.